The molecule has 0 atom stereocenters. The first-order valence-electron chi connectivity index (χ1n) is 4.93. The second-order valence-corrected chi connectivity index (χ2v) is 3.59. The molecule has 14 heavy (non-hydrogen) atoms. The number of allylic oxidation sites excluding steroid dienone is 4. The van der Waals surface area contributed by atoms with E-state index in [9.17, 15) is 0 Å². The highest BCUT2D eigenvalue weighted by molar-refractivity contribution is 5.42. The van der Waals surface area contributed by atoms with Gasteiger partial charge < -0.3 is 5.73 Å². The lowest BCUT2D eigenvalue weighted by atomic mass is 10.0. The monoisotopic (exact) mass is 191 g/mol. The molecule has 0 radical (unpaired) electrons. The van der Waals surface area contributed by atoms with Crippen LogP contribution in [0.2, 0.25) is 0 Å². The Morgan fingerprint density at radius 3 is 2.14 bits per heavy atom. The van der Waals surface area contributed by atoms with E-state index >= 15 is 0 Å². The Bertz CT molecular complexity index is 280. The third kappa shape index (κ3) is 4.83. The van der Waals surface area contributed by atoms with Crippen LogP contribution in [0, 0.1) is 0 Å². The third-order valence-electron chi connectivity index (χ3n) is 2.07. The summed E-state index contributed by atoms with van der Waals surface area (Å²) in [6.45, 7) is 14.5. The van der Waals surface area contributed by atoms with Gasteiger partial charge in [-0.2, -0.15) is 0 Å². The van der Waals surface area contributed by atoms with Crippen molar-refractivity contribution in [3.63, 3.8) is 0 Å². The van der Waals surface area contributed by atoms with E-state index < -0.39 is 0 Å². The normalized spacial score (nSPS) is 12.9. The van der Waals surface area contributed by atoms with Crippen molar-refractivity contribution in [2.45, 2.75) is 27.2 Å². The van der Waals surface area contributed by atoms with Gasteiger partial charge in [-0.1, -0.05) is 43.4 Å². The molecule has 1 nitrogen and oxygen atoms in total. The highest BCUT2D eigenvalue weighted by Crippen LogP contribution is 2.14. The Morgan fingerprint density at radius 2 is 1.79 bits per heavy atom. The lowest BCUT2D eigenvalue weighted by Gasteiger charge is -2.04. The van der Waals surface area contributed by atoms with Gasteiger partial charge in [-0.25, -0.2) is 0 Å². The van der Waals surface area contributed by atoms with Crippen LogP contribution in [-0.4, -0.2) is 6.54 Å². The van der Waals surface area contributed by atoms with Crippen molar-refractivity contribution >= 4 is 0 Å². The van der Waals surface area contributed by atoms with Crippen molar-refractivity contribution in [1.29, 1.82) is 0 Å². The smallest absolute Gasteiger partial charge is 0.0172 e. The predicted molar refractivity (Wildman–Crippen MR) is 65.1 cm³/mol. The number of nitrogens with two attached hydrogens (primary N) is 1. The molecular formula is C13H21N. The summed E-state index contributed by atoms with van der Waals surface area (Å²) in [4.78, 5) is 0. The SMILES string of the molecule is C=C(/C=C(\C=C(/C)CC)C(=C)C)CN. The van der Waals surface area contributed by atoms with Gasteiger partial charge in [0.15, 0.2) is 0 Å². The molecule has 0 aliphatic rings. The molecule has 0 aliphatic carbocycles. The number of hydrogen-bond donors (Lipinski definition) is 1. The van der Waals surface area contributed by atoms with E-state index in [4.69, 9.17) is 5.73 Å². The molecule has 0 bridgehead atoms. The zero-order valence-electron chi connectivity index (χ0n) is 9.56. The Morgan fingerprint density at radius 1 is 1.21 bits per heavy atom. The fraction of sp³-hybridized carbons (Fsp3) is 0.385. The molecule has 0 amide bonds. The number of hydrogen-bond acceptors (Lipinski definition) is 1. The maximum Gasteiger partial charge on any atom is 0.0172 e. The van der Waals surface area contributed by atoms with E-state index in [2.05, 4.69) is 33.1 Å². The molecule has 0 saturated heterocycles. The van der Waals surface area contributed by atoms with Gasteiger partial charge in [0.2, 0.25) is 0 Å². The molecule has 0 heterocycles. The van der Waals surface area contributed by atoms with Gasteiger partial charge in [0.1, 0.15) is 0 Å². The maximum atomic E-state index is 5.49. The number of rotatable bonds is 5. The molecule has 0 aromatic carbocycles. The van der Waals surface area contributed by atoms with Crippen molar-refractivity contribution in [1.82, 2.24) is 0 Å². The van der Waals surface area contributed by atoms with Crippen LogP contribution < -0.4 is 5.73 Å². The summed E-state index contributed by atoms with van der Waals surface area (Å²) < 4.78 is 0. The van der Waals surface area contributed by atoms with Crippen LogP contribution in [0.25, 0.3) is 0 Å². The summed E-state index contributed by atoms with van der Waals surface area (Å²) in [6.07, 6.45) is 5.20. The molecule has 0 spiro atoms. The zero-order chi connectivity index (χ0) is 11.1. The summed E-state index contributed by atoms with van der Waals surface area (Å²) in [6, 6.07) is 0. The van der Waals surface area contributed by atoms with Gasteiger partial charge >= 0.3 is 0 Å². The summed E-state index contributed by atoms with van der Waals surface area (Å²) in [5.41, 5.74) is 9.93. The summed E-state index contributed by atoms with van der Waals surface area (Å²) in [5, 5.41) is 0. The molecule has 0 aliphatic heterocycles. The molecule has 2 N–H and O–H groups in total. The molecule has 0 fully saturated rings. The van der Waals surface area contributed by atoms with Crippen molar-refractivity contribution in [2.75, 3.05) is 6.54 Å². The van der Waals surface area contributed by atoms with E-state index in [1.165, 1.54) is 5.57 Å². The van der Waals surface area contributed by atoms with E-state index in [1.807, 2.05) is 13.0 Å². The summed E-state index contributed by atoms with van der Waals surface area (Å²) in [7, 11) is 0. The second-order valence-electron chi connectivity index (χ2n) is 3.59. The molecule has 78 valence electrons. The first-order valence-corrected chi connectivity index (χ1v) is 4.93. The topological polar surface area (TPSA) is 26.0 Å². The highest BCUT2D eigenvalue weighted by atomic mass is 14.5. The molecule has 0 saturated carbocycles. The molecule has 1 heteroatoms. The summed E-state index contributed by atoms with van der Waals surface area (Å²) in [5.74, 6) is 0. The van der Waals surface area contributed by atoms with E-state index in [1.54, 1.807) is 0 Å². The maximum absolute atomic E-state index is 5.49. The fourth-order valence-corrected chi connectivity index (χ4v) is 0.934. The van der Waals surface area contributed by atoms with Crippen LogP contribution >= 0.6 is 0 Å². The van der Waals surface area contributed by atoms with Crippen LogP contribution in [0.5, 0.6) is 0 Å². The lowest BCUT2D eigenvalue weighted by Crippen LogP contribution is -2.00. The standard InChI is InChI=1S/C13H21N/c1-6-11(4)7-13(10(2)3)8-12(5)9-14/h7-8H,2,5-6,9,14H2,1,3-4H3/b11-7+,13-8+. The van der Waals surface area contributed by atoms with Crippen LogP contribution in [0.15, 0.2) is 47.6 Å². The minimum atomic E-state index is 0.496. The van der Waals surface area contributed by atoms with Gasteiger partial charge in [-0.3, -0.25) is 0 Å². The lowest BCUT2D eigenvalue weighted by molar-refractivity contribution is 1.09. The third-order valence-corrected chi connectivity index (χ3v) is 2.07. The largest absolute Gasteiger partial charge is 0.327 e. The van der Waals surface area contributed by atoms with Crippen molar-refractivity contribution in [3.8, 4) is 0 Å². The van der Waals surface area contributed by atoms with Crippen molar-refractivity contribution in [2.24, 2.45) is 5.73 Å². The molecule has 0 aromatic rings. The first-order chi connectivity index (χ1) is 6.51. The van der Waals surface area contributed by atoms with Crippen LogP contribution in [0.3, 0.4) is 0 Å². The minimum absolute atomic E-state index is 0.496. The highest BCUT2D eigenvalue weighted by Gasteiger charge is 1.96. The minimum Gasteiger partial charge on any atom is -0.327 e. The van der Waals surface area contributed by atoms with E-state index in [-0.39, 0.29) is 0 Å². The van der Waals surface area contributed by atoms with Crippen molar-refractivity contribution in [3.05, 3.63) is 47.6 Å². The fourth-order valence-electron chi connectivity index (χ4n) is 0.934. The van der Waals surface area contributed by atoms with Gasteiger partial charge in [0, 0.05) is 6.54 Å². The van der Waals surface area contributed by atoms with Gasteiger partial charge in [-0.05, 0) is 31.4 Å². The Labute approximate surface area is 87.7 Å². The molecule has 0 rings (SSSR count). The Hall–Kier alpha value is -1.08. The molecule has 0 aromatic heterocycles. The van der Waals surface area contributed by atoms with Gasteiger partial charge in [0.05, 0.1) is 0 Å². The first kappa shape index (κ1) is 12.9. The van der Waals surface area contributed by atoms with E-state index in [0.717, 1.165) is 23.1 Å². The molecule has 0 unspecified atom stereocenters. The van der Waals surface area contributed by atoms with Crippen molar-refractivity contribution < 1.29 is 0 Å². The predicted octanol–water partition coefficient (Wildman–Crippen LogP) is 3.36. The van der Waals surface area contributed by atoms with Crippen LogP contribution in [-0.2, 0) is 0 Å². The quantitative estimate of drug-likeness (QED) is 0.662. The zero-order valence-corrected chi connectivity index (χ0v) is 9.56. The van der Waals surface area contributed by atoms with Gasteiger partial charge in [-0.15, -0.1) is 0 Å². The van der Waals surface area contributed by atoms with Crippen LogP contribution in [0.4, 0.5) is 0 Å². The average Bonchev–Trinajstić information content (AvgIpc) is 2.16. The second kappa shape index (κ2) is 6.39. The molecular weight excluding hydrogens is 170 g/mol. The van der Waals surface area contributed by atoms with E-state index in [0.29, 0.717) is 6.54 Å². The average molecular weight is 191 g/mol. The Kier molecular flexibility index (Phi) is 5.89. The Balaban J connectivity index is 4.87. The van der Waals surface area contributed by atoms with Crippen LogP contribution in [0.1, 0.15) is 27.2 Å². The van der Waals surface area contributed by atoms with Gasteiger partial charge in [0.25, 0.3) is 0 Å². The summed E-state index contributed by atoms with van der Waals surface area (Å²) >= 11 is 0.